The van der Waals surface area contributed by atoms with Gasteiger partial charge in [-0.3, -0.25) is 4.79 Å². The number of fused-ring (bicyclic) bond motifs is 6. The number of rotatable bonds is 1. The van der Waals surface area contributed by atoms with Crippen LogP contribution < -0.4 is 10.3 Å². The van der Waals surface area contributed by atoms with E-state index in [1.807, 2.05) is 43.4 Å². The summed E-state index contributed by atoms with van der Waals surface area (Å²) in [6, 6.07) is 20.6. The largest absolute Gasteiger partial charge is 0.492 e. The lowest BCUT2D eigenvalue weighted by atomic mass is 9.82. The van der Waals surface area contributed by atoms with E-state index in [0.717, 1.165) is 22.1 Å². The number of H-pyrrole nitrogens is 1. The lowest BCUT2D eigenvalue weighted by molar-refractivity contribution is 0.117. The number of hydrogen-bond acceptors (Lipinski definition) is 4. The fraction of sp³-hybridized carbons (Fsp3) is 0.143. The Hall–Kier alpha value is -3.87. The van der Waals surface area contributed by atoms with Crippen molar-refractivity contribution in [1.29, 1.82) is 0 Å². The third kappa shape index (κ3) is 3.53. The van der Waals surface area contributed by atoms with Crippen LogP contribution in [-0.4, -0.2) is 26.2 Å². The Labute approximate surface area is 206 Å². The third-order valence-corrected chi connectivity index (χ3v) is 7.00. The first kappa shape index (κ1) is 21.6. The first-order valence-electron chi connectivity index (χ1n) is 11.3. The zero-order valence-corrected chi connectivity index (χ0v) is 19.7. The lowest BCUT2D eigenvalue weighted by Gasteiger charge is -2.30. The van der Waals surface area contributed by atoms with Crippen molar-refractivity contribution < 1.29 is 9.84 Å². The van der Waals surface area contributed by atoms with Crippen LogP contribution in [0.1, 0.15) is 22.4 Å². The van der Waals surface area contributed by atoms with E-state index in [-0.39, 0.29) is 5.56 Å². The number of nitrogens with one attached hydrogen (secondary N) is 1. The minimum Gasteiger partial charge on any atom is -0.492 e. The lowest BCUT2D eigenvalue weighted by Crippen LogP contribution is -2.31. The van der Waals surface area contributed by atoms with Crippen molar-refractivity contribution in [2.45, 2.75) is 12.0 Å². The van der Waals surface area contributed by atoms with Crippen LogP contribution in [-0.2, 0) is 19.1 Å². The summed E-state index contributed by atoms with van der Waals surface area (Å²) in [5.41, 5.74) is 3.59. The molecular formula is C28H22ClN3O3. The Kier molecular flexibility index (Phi) is 5.02. The molecule has 0 aliphatic carbocycles. The molecule has 1 aliphatic rings. The maximum atomic E-state index is 12.5. The third-order valence-electron chi connectivity index (χ3n) is 6.68. The van der Waals surface area contributed by atoms with Crippen LogP contribution in [0.5, 0.6) is 5.75 Å². The molecule has 1 aliphatic heterocycles. The summed E-state index contributed by atoms with van der Waals surface area (Å²) in [6.45, 7) is 0.410. The summed E-state index contributed by atoms with van der Waals surface area (Å²) in [5.74, 6) is 0.504. The number of imidazole rings is 1. The first-order chi connectivity index (χ1) is 16.9. The Morgan fingerprint density at radius 1 is 1.09 bits per heavy atom. The van der Waals surface area contributed by atoms with Crippen molar-refractivity contribution in [2.75, 3.05) is 6.61 Å². The molecule has 0 radical (unpaired) electrons. The SMILES string of the molecule is Cn1cncc1C1(O)c2ccc(Cl)c(c2)OCCc2cccc(c2)-c2cc(=O)[nH]c3ccc1cc23. The number of benzene rings is 3. The summed E-state index contributed by atoms with van der Waals surface area (Å²) in [5, 5.41) is 13.7. The van der Waals surface area contributed by atoms with E-state index < -0.39 is 5.60 Å². The molecule has 3 aromatic carbocycles. The van der Waals surface area contributed by atoms with Crippen LogP contribution >= 0.6 is 11.6 Å². The predicted octanol–water partition coefficient (Wildman–Crippen LogP) is 4.80. The highest BCUT2D eigenvalue weighted by Gasteiger charge is 2.37. The minimum atomic E-state index is -1.55. The molecule has 35 heavy (non-hydrogen) atoms. The van der Waals surface area contributed by atoms with Gasteiger partial charge in [0.05, 0.1) is 29.8 Å². The molecule has 2 aromatic heterocycles. The maximum Gasteiger partial charge on any atom is 0.249 e. The molecule has 7 heteroatoms. The van der Waals surface area contributed by atoms with Crippen molar-refractivity contribution in [3.8, 4) is 16.9 Å². The molecule has 174 valence electrons. The van der Waals surface area contributed by atoms with Gasteiger partial charge in [0.15, 0.2) is 5.60 Å². The van der Waals surface area contributed by atoms with Gasteiger partial charge in [0.25, 0.3) is 0 Å². The number of aryl methyl sites for hydroxylation is 1. The Morgan fingerprint density at radius 2 is 1.91 bits per heavy atom. The van der Waals surface area contributed by atoms with Gasteiger partial charge < -0.3 is 19.4 Å². The molecule has 6 rings (SSSR count). The Bertz CT molecular complexity index is 1660. The highest BCUT2D eigenvalue weighted by atomic mass is 35.5. The van der Waals surface area contributed by atoms with E-state index in [2.05, 4.69) is 16.0 Å². The molecule has 6 nitrogen and oxygen atoms in total. The van der Waals surface area contributed by atoms with Gasteiger partial charge in [-0.2, -0.15) is 0 Å². The number of aliphatic hydroxyl groups is 1. The smallest absolute Gasteiger partial charge is 0.249 e. The van der Waals surface area contributed by atoms with Gasteiger partial charge >= 0.3 is 0 Å². The van der Waals surface area contributed by atoms with Crippen molar-refractivity contribution in [2.24, 2.45) is 7.05 Å². The Morgan fingerprint density at radius 3 is 2.74 bits per heavy atom. The molecule has 0 saturated heterocycles. The molecule has 6 bridgehead atoms. The van der Waals surface area contributed by atoms with Gasteiger partial charge in [0.2, 0.25) is 5.56 Å². The van der Waals surface area contributed by atoms with Crippen LogP contribution in [0.25, 0.3) is 22.0 Å². The highest BCUT2D eigenvalue weighted by molar-refractivity contribution is 6.32. The van der Waals surface area contributed by atoms with Crippen LogP contribution in [0.3, 0.4) is 0 Å². The molecule has 0 saturated carbocycles. The fourth-order valence-corrected chi connectivity index (χ4v) is 5.07. The number of halogens is 1. The van der Waals surface area contributed by atoms with Gasteiger partial charge in [0, 0.05) is 30.4 Å². The molecule has 0 spiro atoms. The second kappa shape index (κ2) is 8.12. The summed E-state index contributed by atoms with van der Waals surface area (Å²) >= 11 is 6.47. The molecule has 2 N–H and O–H groups in total. The highest BCUT2D eigenvalue weighted by Crippen LogP contribution is 2.41. The number of hydrogen-bond donors (Lipinski definition) is 2. The van der Waals surface area contributed by atoms with Crippen molar-refractivity contribution >= 4 is 22.5 Å². The molecular weight excluding hydrogens is 462 g/mol. The molecule has 5 aromatic rings. The predicted molar refractivity (Wildman–Crippen MR) is 136 cm³/mol. The summed E-state index contributed by atoms with van der Waals surface area (Å²) < 4.78 is 7.86. The standard InChI is InChI=1S/C28H22ClN3O3/c1-32-16-30-15-26(32)28(34)19-6-8-24-22(12-19)21(14-27(33)31-24)18-4-2-3-17(11-18)9-10-35-25-13-20(28)5-7-23(25)29/h2-8,11-16,34H,9-10H2,1H3,(H,31,33). The van der Waals surface area contributed by atoms with Gasteiger partial charge in [-0.1, -0.05) is 48.0 Å². The van der Waals surface area contributed by atoms with E-state index in [1.54, 1.807) is 41.4 Å². The number of aromatic amines is 1. The quantitative estimate of drug-likeness (QED) is 0.359. The zero-order chi connectivity index (χ0) is 24.2. The molecule has 0 amide bonds. The Balaban J connectivity index is 1.73. The molecule has 1 unspecified atom stereocenters. The fourth-order valence-electron chi connectivity index (χ4n) is 4.90. The van der Waals surface area contributed by atoms with E-state index in [4.69, 9.17) is 16.3 Å². The summed E-state index contributed by atoms with van der Waals surface area (Å²) in [4.78, 5) is 19.7. The van der Waals surface area contributed by atoms with E-state index in [9.17, 15) is 9.90 Å². The molecule has 1 atom stereocenters. The second-order valence-corrected chi connectivity index (χ2v) is 9.26. The number of aromatic nitrogens is 3. The normalized spacial score (nSPS) is 17.2. The van der Waals surface area contributed by atoms with Gasteiger partial charge in [0.1, 0.15) is 5.75 Å². The van der Waals surface area contributed by atoms with Crippen molar-refractivity contribution in [1.82, 2.24) is 14.5 Å². The summed E-state index contributed by atoms with van der Waals surface area (Å²) in [7, 11) is 1.84. The zero-order valence-electron chi connectivity index (χ0n) is 19.0. The van der Waals surface area contributed by atoms with Gasteiger partial charge in [-0.25, -0.2) is 4.98 Å². The van der Waals surface area contributed by atoms with Crippen molar-refractivity contribution in [3.63, 3.8) is 0 Å². The molecule has 0 fully saturated rings. The number of pyridine rings is 1. The van der Waals surface area contributed by atoms with Crippen molar-refractivity contribution in [3.05, 3.63) is 117 Å². The number of nitrogens with zero attached hydrogens (tertiary/aromatic N) is 2. The van der Waals surface area contributed by atoms with E-state index in [1.165, 1.54) is 0 Å². The average Bonchev–Trinajstić information content (AvgIpc) is 3.30. The van der Waals surface area contributed by atoms with E-state index >= 15 is 0 Å². The average molecular weight is 484 g/mol. The van der Waals surface area contributed by atoms with Crippen LogP contribution in [0.2, 0.25) is 5.02 Å². The van der Waals surface area contributed by atoms with Gasteiger partial charge in [-0.05, 0) is 52.1 Å². The van der Waals surface area contributed by atoms with Gasteiger partial charge in [-0.15, -0.1) is 0 Å². The summed E-state index contributed by atoms with van der Waals surface area (Å²) in [6.07, 6.45) is 3.97. The first-order valence-corrected chi connectivity index (χ1v) is 11.7. The van der Waals surface area contributed by atoms with Crippen LogP contribution in [0, 0.1) is 0 Å². The van der Waals surface area contributed by atoms with Crippen LogP contribution in [0.4, 0.5) is 0 Å². The van der Waals surface area contributed by atoms with E-state index in [0.29, 0.717) is 46.1 Å². The second-order valence-electron chi connectivity index (χ2n) is 8.85. The number of ether oxygens (including phenoxy) is 1. The maximum absolute atomic E-state index is 12.5. The monoisotopic (exact) mass is 483 g/mol. The minimum absolute atomic E-state index is 0.181. The topological polar surface area (TPSA) is 80.1 Å². The van der Waals surface area contributed by atoms with Crippen LogP contribution in [0.15, 0.2) is 84.0 Å². The molecule has 3 heterocycles.